The third-order valence-corrected chi connectivity index (χ3v) is 6.79. The van der Waals surface area contributed by atoms with Crippen molar-refractivity contribution >= 4 is 34.6 Å². The van der Waals surface area contributed by atoms with E-state index in [-0.39, 0.29) is 5.92 Å². The highest BCUT2D eigenvalue weighted by Gasteiger charge is 2.20. The SMILES string of the molecule is Cc1cccc(-c2nc(Nc3ccnc(Nc4ccc(CC(=O)C5CCNCC5)cc4)n3)c3cccn3n2)n1. The fraction of sp³-hybridized carbons (Fsp3) is 0.241. The summed E-state index contributed by atoms with van der Waals surface area (Å²) < 4.78 is 1.77. The maximum atomic E-state index is 12.6. The number of benzene rings is 1. The maximum Gasteiger partial charge on any atom is 0.229 e. The second kappa shape index (κ2) is 11.0. The third-order valence-electron chi connectivity index (χ3n) is 6.79. The number of hydrogen-bond donors (Lipinski definition) is 3. The number of aryl methyl sites for hydroxylation is 1. The van der Waals surface area contributed by atoms with Gasteiger partial charge >= 0.3 is 0 Å². The van der Waals surface area contributed by atoms with Gasteiger partial charge in [-0.1, -0.05) is 18.2 Å². The van der Waals surface area contributed by atoms with Crippen molar-refractivity contribution in [2.24, 2.45) is 5.92 Å². The molecular formula is C29H29N9O. The van der Waals surface area contributed by atoms with Crippen molar-refractivity contribution in [3.05, 3.63) is 84.3 Å². The number of nitrogens with one attached hydrogen (secondary N) is 3. The summed E-state index contributed by atoms with van der Waals surface area (Å²) in [6.07, 6.45) is 5.88. The van der Waals surface area contributed by atoms with Gasteiger partial charge in [0.15, 0.2) is 5.82 Å². The Morgan fingerprint density at radius 2 is 1.82 bits per heavy atom. The Balaban J connectivity index is 1.17. The first-order valence-electron chi connectivity index (χ1n) is 13.1. The molecule has 0 unspecified atom stereocenters. The van der Waals surface area contributed by atoms with Crippen LogP contribution in [0.25, 0.3) is 17.0 Å². The lowest BCUT2D eigenvalue weighted by Gasteiger charge is -2.21. The molecule has 0 bridgehead atoms. The number of carbonyl (C=O) groups is 1. The zero-order chi connectivity index (χ0) is 26.6. The predicted molar refractivity (Wildman–Crippen MR) is 150 cm³/mol. The summed E-state index contributed by atoms with van der Waals surface area (Å²) in [4.78, 5) is 30.9. The minimum absolute atomic E-state index is 0.166. The Kier molecular flexibility index (Phi) is 6.92. The van der Waals surface area contributed by atoms with E-state index in [1.165, 1.54) is 0 Å². The van der Waals surface area contributed by atoms with Crippen molar-refractivity contribution in [1.29, 1.82) is 0 Å². The molecule has 0 spiro atoms. The fourth-order valence-electron chi connectivity index (χ4n) is 4.74. The van der Waals surface area contributed by atoms with Crippen molar-refractivity contribution in [2.75, 3.05) is 23.7 Å². The zero-order valence-electron chi connectivity index (χ0n) is 21.6. The first kappa shape index (κ1) is 24.6. The molecule has 1 aromatic carbocycles. The van der Waals surface area contributed by atoms with Gasteiger partial charge in [-0.05, 0) is 80.9 Å². The number of carbonyl (C=O) groups excluding carboxylic acids is 1. The second-order valence-electron chi connectivity index (χ2n) is 9.67. The predicted octanol–water partition coefficient (Wildman–Crippen LogP) is 4.49. The van der Waals surface area contributed by atoms with Gasteiger partial charge in [0.1, 0.15) is 22.8 Å². The van der Waals surface area contributed by atoms with Crippen molar-refractivity contribution in [3.8, 4) is 11.5 Å². The summed E-state index contributed by atoms with van der Waals surface area (Å²) >= 11 is 0. The van der Waals surface area contributed by atoms with Gasteiger partial charge in [-0.2, -0.15) is 4.98 Å². The van der Waals surface area contributed by atoms with Crippen LogP contribution in [0.15, 0.2) is 73.1 Å². The topological polar surface area (TPSA) is 122 Å². The number of nitrogens with zero attached hydrogens (tertiary/aromatic N) is 6. The van der Waals surface area contributed by atoms with Crippen molar-refractivity contribution in [3.63, 3.8) is 0 Å². The van der Waals surface area contributed by atoms with Crippen LogP contribution in [-0.4, -0.2) is 48.4 Å². The lowest BCUT2D eigenvalue weighted by Crippen LogP contribution is -2.32. The van der Waals surface area contributed by atoms with E-state index in [1.54, 1.807) is 16.8 Å². The van der Waals surface area contributed by atoms with Crippen LogP contribution in [0.3, 0.4) is 0 Å². The molecule has 10 nitrogen and oxygen atoms in total. The second-order valence-corrected chi connectivity index (χ2v) is 9.67. The van der Waals surface area contributed by atoms with E-state index in [4.69, 9.17) is 4.98 Å². The Labute approximate surface area is 226 Å². The van der Waals surface area contributed by atoms with Crippen molar-refractivity contribution in [2.45, 2.75) is 26.2 Å². The molecule has 1 aliphatic heterocycles. The van der Waals surface area contributed by atoms with Crippen molar-refractivity contribution in [1.82, 2.24) is 34.9 Å². The smallest absolute Gasteiger partial charge is 0.229 e. The molecule has 39 heavy (non-hydrogen) atoms. The van der Waals surface area contributed by atoms with Gasteiger partial charge in [0.2, 0.25) is 11.8 Å². The van der Waals surface area contributed by atoms with E-state index in [1.807, 2.05) is 67.7 Å². The number of rotatable bonds is 8. The molecule has 0 aliphatic carbocycles. The molecule has 3 N–H and O–H groups in total. The molecule has 5 heterocycles. The molecule has 6 rings (SSSR count). The van der Waals surface area contributed by atoms with Crippen LogP contribution in [0.4, 0.5) is 23.3 Å². The summed E-state index contributed by atoms with van der Waals surface area (Å²) in [5, 5.41) is 14.5. The average molecular weight is 520 g/mol. The lowest BCUT2D eigenvalue weighted by atomic mass is 9.90. The van der Waals surface area contributed by atoms with E-state index in [0.717, 1.165) is 48.4 Å². The third kappa shape index (κ3) is 5.75. The molecule has 0 amide bonds. The van der Waals surface area contributed by atoms with Crippen LogP contribution in [0.1, 0.15) is 24.1 Å². The minimum Gasteiger partial charge on any atom is -0.324 e. The molecule has 0 saturated carbocycles. The molecule has 10 heteroatoms. The highest BCUT2D eigenvalue weighted by Crippen LogP contribution is 2.24. The Bertz CT molecular complexity index is 1610. The van der Waals surface area contributed by atoms with Crippen molar-refractivity contribution < 1.29 is 4.79 Å². The summed E-state index contributed by atoms with van der Waals surface area (Å²) in [5.41, 5.74) is 4.26. The Morgan fingerprint density at radius 1 is 0.974 bits per heavy atom. The first-order chi connectivity index (χ1) is 19.1. The summed E-state index contributed by atoms with van der Waals surface area (Å²) in [6, 6.07) is 19.3. The molecule has 5 aromatic rings. The Hall–Kier alpha value is -4.70. The molecule has 1 aliphatic rings. The van der Waals surface area contributed by atoms with Crippen LogP contribution in [0.5, 0.6) is 0 Å². The molecule has 0 radical (unpaired) electrons. The number of anilines is 4. The number of pyridine rings is 1. The highest BCUT2D eigenvalue weighted by molar-refractivity contribution is 5.83. The van der Waals surface area contributed by atoms with Crippen LogP contribution < -0.4 is 16.0 Å². The van der Waals surface area contributed by atoms with Gasteiger partial charge in [-0.3, -0.25) is 4.79 Å². The van der Waals surface area contributed by atoms with Gasteiger partial charge in [-0.15, -0.1) is 5.10 Å². The number of Topliss-reactive ketones (excluding diaryl/α,β-unsaturated/α-hetero) is 1. The number of ketones is 1. The van der Waals surface area contributed by atoms with E-state index >= 15 is 0 Å². The molecule has 0 atom stereocenters. The van der Waals surface area contributed by atoms with E-state index in [9.17, 15) is 4.79 Å². The number of hydrogen-bond acceptors (Lipinski definition) is 9. The van der Waals surface area contributed by atoms with Gasteiger partial charge in [0, 0.05) is 36.1 Å². The largest absolute Gasteiger partial charge is 0.324 e. The molecule has 1 saturated heterocycles. The number of piperidine rings is 1. The van der Waals surface area contributed by atoms with Gasteiger partial charge in [-0.25, -0.2) is 19.5 Å². The Morgan fingerprint density at radius 3 is 2.64 bits per heavy atom. The first-order valence-corrected chi connectivity index (χ1v) is 13.1. The van der Waals surface area contributed by atoms with E-state index in [0.29, 0.717) is 41.3 Å². The fourth-order valence-corrected chi connectivity index (χ4v) is 4.74. The van der Waals surface area contributed by atoms with Gasteiger partial charge in [0.25, 0.3) is 0 Å². The normalized spacial score (nSPS) is 13.9. The molecule has 1 fully saturated rings. The monoisotopic (exact) mass is 519 g/mol. The minimum atomic E-state index is 0.166. The summed E-state index contributed by atoms with van der Waals surface area (Å²) in [7, 11) is 0. The standard InChI is InChI=1S/C29H29N9O/c1-19-4-2-5-23(32-19)27-36-28(24-6-3-17-38(24)37-27)34-26-13-16-31-29(35-26)33-22-9-7-20(8-10-22)18-25(39)21-11-14-30-15-12-21/h2-10,13,16-17,21,30H,11-12,14-15,18H2,1H3,(H2,31,33,34,35,36,37). The average Bonchev–Trinajstić information content (AvgIpc) is 3.44. The van der Waals surface area contributed by atoms with Crippen LogP contribution in [0, 0.1) is 12.8 Å². The van der Waals surface area contributed by atoms with Gasteiger partial charge < -0.3 is 16.0 Å². The summed E-state index contributed by atoms with van der Waals surface area (Å²) in [5.74, 6) is 2.64. The maximum absolute atomic E-state index is 12.6. The van der Waals surface area contributed by atoms with Gasteiger partial charge in [0.05, 0.1) is 0 Å². The molecule has 196 valence electrons. The summed E-state index contributed by atoms with van der Waals surface area (Å²) in [6.45, 7) is 3.78. The van der Waals surface area contributed by atoms with Crippen LogP contribution in [-0.2, 0) is 11.2 Å². The molecular weight excluding hydrogens is 490 g/mol. The van der Waals surface area contributed by atoms with E-state index in [2.05, 4.69) is 36.0 Å². The van der Waals surface area contributed by atoms with E-state index < -0.39 is 0 Å². The number of fused-ring (bicyclic) bond motifs is 1. The van der Waals surface area contributed by atoms with Crippen LogP contribution >= 0.6 is 0 Å². The lowest BCUT2D eigenvalue weighted by molar-refractivity contribution is -0.122. The number of aromatic nitrogens is 6. The molecule has 4 aromatic heterocycles. The highest BCUT2D eigenvalue weighted by atomic mass is 16.1. The zero-order valence-corrected chi connectivity index (χ0v) is 21.6. The quantitative estimate of drug-likeness (QED) is 0.272. The van der Waals surface area contributed by atoms with Crippen LogP contribution in [0.2, 0.25) is 0 Å².